The van der Waals surface area contributed by atoms with Gasteiger partial charge in [-0.15, -0.1) is 0 Å². The topological polar surface area (TPSA) is 53.7 Å². The highest BCUT2D eigenvalue weighted by atomic mass is 19.1. The molecule has 0 saturated carbocycles. The monoisotopic (exact) mass is 263 g/mol. The Morgan fingerprint density at radius 2 is 2.00 bits per heavy atom. The Morgan fingerprint density at radius 1 is 1.37 bits per heavy atom. The smallest absolute Gasteiger partial charge is 0.371 e. The highest BCUT2D eigenvalue weighted by Gasteiger charge is 2.14. The Labute approximate surface area is 110 Å². The fourth-order valence-electron chi connectivity index (χ4n) is 1.82. The zero-order valence-corrected chi connectivity index (χ0v) is 10.7. The van der Waals surface area contributed by atoms with Gasteiger partial charge in [-0.3, -0.25) is 0 Å². The number of carbonyl (C=O) groups is 1. The minimum absolute atomic E-state index is 0.0694. The lowest BCUT2D eigenvalue weighted by Crippen LogP contribution is -2.16. The number of benzene rings is 1. The molecule has 4 nitrogen and oxygen atoms in total. The summed E-state index contributed by atoms with van der Waals surface area (Å²) in [5.74, 6) is -0.866. The molecule has 0 unspecified atom stereocenters. The lowest BCUT2D eigenvalue weighted by atomic mass is 10.2. The second kappa shape index (κ2) is 5.14. The van der Waals surface area contributed by atoms with E-state index in [4.69, 9.17) is 9.52 Å². The van der Waals surface area contributed by atoms with Crippen LogP contribution < -0.4 is 4.90 Å². The van der Waals surface area contributed by atoms with Crippen LogP contribution in [0.4, 0.5) is 10.1 Å². The molecular formula is C14H14FNO3. The summed E-state index contributed by atoms with van der Waals surface area (Å²) in [5.41, 5.74) is 1.64. The van der Waals surface area contributed by atoms with Crippen LogP contribution in [-0.4, -0.2) is 18.1 Å². The number of aromatic carboxylic acids is 1. The second-order valence-electron chi connectivity index (χ2n) is 4.33. The van der Waals surface area contributed by atoms with Gasteiger partial charge < -0.3 is 14.4 Å². The SMILES string of the molecule is Cc1oc(C(=O)O)cc1CN(C)c1ccc(F)cc1. The van der Waals surface area contributed by atoms with Crippen LogP contribution in [0.1, 0.15) is 21.9 Å². The van der Waals surface area contributed by atoms with Gasteiger partial charge in [-0.05, 0) is 37.3 Å². The van der Waals surface area contributed by atoms with E-state index in [9.17, 15) is 9.18 Å². The molecule has 1 aromatic heterocycles. The van der Waals surface area contributed by atoms with Crippen LogP contribution in [0.25, 0.3) is 0 Å². The molecule has 2 aromatic rings. The number of furan rings is 1. The molecule has 1 N–H and O–H groups in total. The quantitative estimate of drug-likeness (QED) is 0.921. The molecule has 0 bridgehead atoms. The summed E-state index contributed by atoms with van der Waals surface area (Å²) in [6.45, 7) is 2.22. The summed E-state index contributed by atoms with van der Waals surface area (Å²) in [6.07, 6.45) is 0. The Hall–Kier alpha value is -2.30. The van der Waals surface area contributed by atoms with Crippen molar-refractivity contribution < 1.29 is 18.7 Å². The van der Waals surface area contributed by atoms with Crippen molar-refractivity contribution in [3.8, 4) is 0 Å². The molecule has 0 fully saturated rings. The van der Waals surface area contributed by atoms with E-state index in [1.54, 1.807) is 19.1 Å². The minimum Gasteiger partial charge on any atom is -0.475 e. The van der Waals surface area contributed by atoms with E-state index in [0.29, 0.717) is 12.3 Å². The number of anilines is 1. The minimum atomic E-state index is -1.08. The third-order valence-corrected chi connectivity index (χ3v) is 2.91. The number of hydrogen-bond acceptors (Lipinski definition) is 3. The average molecular weight is 263 g/mol. The number of hydrogen-bond donors (Lipinski definition) is 1. The van der Waals surface area contributed by atoms with E-state index in [-0.39, 0.29) is 11.6 Å². The summed E-state index contributed by atoms with van der Waals surface area (Å²) in [7, 11) is 1.85. The molecule has 0 radical (unpaired) electrons. The first kappa shape index (κ1) is 13.1. The van der Waals surface area contributed by atoms with Gasteiger partial charge >= 0.3 is 5.97 Å². The number of halogens is 1. The first-order chi connectivity index (χ1) is 8.97. The molecule has 1 heterocycles. The number of nitrogens with zero attached hydrogens (tertiary/aromatic N) is 1. The fourth-order valence-corrected chi connectivity index (χ4v) is 1.82. The van der Waals surface area contributed by atoms with Gasteiger partial charge in [0.2, 0.25) is 5.76 Å². The highest BCUT2D eigenvalue weighted by Crippen LogP contribution is 2.20. The summed E-state index contributed by atoms with van der Waals surface area (Å²) in [4.78, 5) is 12.7. The molecule has 0 amide bonds. The van der Waals surface area contributed by atoms with E-state index in [0.717, 1.165) is 11.3 Å². The van der Waals surface area contributed by atoms with Crippen molar-refractivity contribution in [2.24, 2.45) is 0 Å². The molecule has 0 atom stereocenters. The Morgan fingerprint density at radius 3 is 2.53 bits per heavy atom. The predicted molar refractivity (Wildman–Crippen MR) is 68.9 cm³/mol. The van der Waals surface area contributed by atoms with Crippen LogP contribution in [0.15, 0.2) is 34.7 Å². The number of rotatable bonds is 4. The third-order valence-electron chi connectivity index (χ3n) is 2.91. The van der Waals surface area contributed by atoms with Gasteiger partial charge in [0.15, 0.2) is 0 Å². The predicted octanol–water partition coefficient (Wildman–Crippen LogP) is 3.06. The Balaban J connectivity index is 2.16. The van der Waals surface area contributed by atoms with Gasteiger partial charge in [0.25, 0.3) is 0 Å². The van der Waals surface area contributed by atoms with Crippen LogP contribution in [-0.2, 0) is 6.54 Å². The van der Waals surface area contributed by atoms with Crippen LogP contribution in [0.5, 0.6) is 0 Å². The first-order valence-electron chi connectivity index (χ1n) is 5.76. The Kier molecular flexibility index (Phi) is 3.55. The molecule has 0 aliphatic rings. The first-order valence-corrected chi connectivity index (χ1v) is 5.76. The van der Waals surface area contributed by atoms with Crippen molar-refractivity contribution in [3.05, 3.63) is 53.2 Å². The maximum absolute atomic E-state index is 12.8. The van der Waals surface area contributed by atoms with Gasteiger partial charge in [-0.2, -0.15) is 0 Å². The molecular weight excluding hydrogens is 249 g/mol. The standard InChI is InChI=1S/C14H14FNO3/c1-9-10(7-13(19-9)14(17)18)8-16(2)12-5-3-11(15)4-6-12/h3-7H,8H2,1-2H3,(H,17,18). The number of carboxylic acids is 1. The Bertz CT molecular complexity index is 589. The highest BCUT2D eigenvalue weighted by molar-refractivity contribution is 5.84. The molecule has 0 aliphatic carbocycles. The van der Waals surface area contributed by atoms with Gasteiger partial charge in [-0.1, -0.05) is 0 Å². The number of carboxylic acid groups (broad SMARTS) is 1. The maximum Gasteiger partial charge on any atom is 0.371 e. The molecule has 5 heteroatoms. The molecule has 2 rings (SSSR count). The summed E-state index contributed by atoms with van der Waals surface area (Å²) >= 11 is 0. The lowest BCUT2D eigenvalue weighted by Gasteiger charge is -2.18. The van der Waals surface area contributed by atoms with E-state index >= 15 is 0 Å². The van der Waals surface area contributed by atoms with Gasteiger partial charge in [-0.25, -0.2) is 9.18 Å². The maximum atomic E-state index is 12.8. The van der Waals surface area contributed by atoms with Gasteiger partial charge in [0.05, 0.1) is 0 Å². The van der Waals surface area contributed by atoms with Crippen LogP contribution in [0, 0.1) is 12.7 Å². The fraction of sp³-hybridized carbons (Fsp3) is 0.214. The third kappa shape index (κ3) is 2.93. The molecule has 100 valence electrons. The molecule has 0 aliphatic heterocycles. The largest absolute Gasteiger partial charge is 0.475 e. The average Bonchev–Trinajstić information content (AvgIpc) is 2.72. The normalized spacial score (nSPS) is 10.5. The van der Waals surface area contributed by atoms with Crippen molar-refractivity contribution in [2.45, 2.75) is 13.5 Å². The van der Waals surface area contributed by atoms with Crippen LogP contribution in [0.2, 0.25) is 0 Å². The molecule has 0 spiro atoms. The second-order valence-corrected chi connectivity index (χ2v) is 4.33. The molecule has 1 aromatic carbocycles. The molecule has 0 saturated heterocycles. The number of aryl methyl sites for hydroxylation is 1. The van der Waals surface area contributed by atoms with E-state index < -0.39 is 5.97 Å². The van der Waals surface area contributed by atoms with Crippen molar-refractivity contribution >= 4 is 11.7 Å². The van der Waals surface area contributed by atoms with Crippen LogP contribution >= 0.6 is 0 Å². The van der Waals surface area contributed by atoms with Gasteiger partial charge in [0.1, 0.15) is 11.6 Å². The van der Waals surface area contributed by atoms with Gasteiger partial charge in [0, 0.05) is 24.8 Å². The van der Waals surface area contributed by atoms with Crippen molar-refractivity contribution in [2.75, 3.05) is 11.9 Å². The van der Waals surface area contributed by atoms with Crippen molar-refractivity contribution in [1.29, 1.82) is 0 Å². The van der Waals surface area contributed by atoms with Crippen molar-refractivity contribution in [1.82, 2.24) is 0 Å². The van der Waals surface area contributed by atoms with E-state index in [1.165, 1.54) is 18.2 Å². The van der Waals surface area contributed by atoms with Crippen molar-refractivity contribution in [3.63, 3.8) is 0 Å². The zero-order chi connectivity index (χ0) is 14.0. The zero-order valence-electron chi connectivity index (χ0n) is 10.7. The van der Waals surface area contributed by atoms with E-state index in [1.807, 2.05) is 11.9 Å². The molecule has 19 heavy (non-hydrogen) atoms. The summed E-state index contributed by atoms with van der Waals surface area (Å²) in [5, 5.41) is 8.86. The lowest BCUT2D eigenvalue weighted by molar-refractivity contribution is 0.0661. The summed E-state index contributed by atoms with van der Waals surface area (Å²) in [6, 6.07) is 7.62. The summed E-state index contributed by atoms with van der Waals surface area (Å²) < 4.78 is 18.0. The van der Waals surface area contributed by atoms with E-state index in [2.05, 4.69) is 0 Å². The van der Waals surface area contributed by atoms with Crippen LogP contribution in [0.3, 0.4) is 0 Å².